The van der Waals surface area contributed by atoms with E-state index in [1.165, 1.54) is 0 Å². The highest BCUT2D eigenvalue weighted by Crippen LogP contribution is 2.34. The molecule has 0 aliphatic heterocycles. The van der Waals surface area contributed by atoms with Crippen LogP contribution in [0, 0.1) is 0 Å². The fourth-order valence-corrected chi connectivity index (χ4v) is 1.72. The summed E-state index contributed by atoms with van der Waals surface area (Å²) in [7, 11) is -3.94. The van der Waals surface area contributed by atoms with E-state index in [1.807, 2.05) is 0 Å². The first-order valence-corrected chi connectivity index (χ1v) is 8.24. The van der Waals surface area contributed by atoms with Gasteiger partial charge in [-0.05, 0) is 32.6 Å². The lowest BCUT2D eigenvalue weighted by Gasteiger charge is -2.06. The quantitative estimate of drug-likeness (QED) is 0.141. The second-order valence-corrected chi connectivity index (χ2v) is 6.14. The molecule has 0 rings (SSSR count). The molecule has 0 heterocycles. The summed E-state index contributed by atoms with van der Waals surface area (Å²) in [5.74, 6) is -0.380. The summed E-state index contributed by atoms with van der Waals surface area (Å²) in [6.45, 7) is 5.97. The highest BCUT2D eigenvalue weighted by molar-refractivity contribution is 7.51. The van der Waals surface area contributed by atoms with Crippen LogP contribution in [0.4, 0.5) is 0 Å². The van der Waals surface area contributed by atoms with Crippen molar-refractivity contribution in [2.24, 2.45) is 0 Å². The smallest absolute Gasteiger partial charge is 0.333 e. The van der Waals surface area contributed by atoms with Crippen molar-refractivity contribution in [3.63, 3.8) is 0 Å². The van der Waals surface area contributed by atoms with Gasteiger partial charge in [0.05, 0.1) is 26.0 Å². The van der Waals surface area contributed by atoms with E-state index in [4.69, 9.17) is 24.3 Å². The molecule has 8 heteroatoms. The van der Waals surface area contributed by atoms with E-state index in [9.17, 15) is 9.36 Å². The second-order valence-electron chi connectivity index (χ2n) is 4.36. The highest BCUT2D eigenvalue weighted by atomic mass is 31.2. The maximum atomic E-state index is 11.0. The zero-order chi connectivity index (χ0) is 15.4. The Morgan fingerprint density at radius 3 is 2.15 bits per heavy atom. The van der Waals surface area contributed by atoms with E-state index in [0.29, 0.717) is 18.8 Å². The number of esters is 1. The number of hydrogen-bond donors (Lipinski definition) is 2. The van der Waals surface area contributed by atoms with Crippen molar-refractivity contribution in [1.29, 1.82) is 0 Å². The molecule has 118 valence electrons. The Morgan fingerprint density at radius 2 is 1.60 bits per heavy atom. The van der Waals surface area contributed by atoms with E-state index < -0.39 is 7.60 Å². The lowest BCUT2D eigenvalue weighted by Crippen LogP contribution is -2.06. The molecule has 0 saturated heterocycles. The number of carbonyl (C=O) groups excluding carboxylic acids is 1. The first kappa shape index (κ1) is 19.3. The summed E-state index contributed by atoms with van der Waals surface area (Å²) in [6.07, 6.45) is 2.37. The number of hydrogen-bond acceptors (Lipinski definition) is 5. The summed E-state index contributed by atoms with van der Waals surface area (Å²) >= 11 is 0. The van der Waals surface area contributed by atoms with E-state index in [1.54, 1.807) is 6.92 Å². The lowest BCUT2D eigenvalue weighted by molar-refractivity contribution is -0.294. The van der Waals surface area contributed by atoms with Gasteiger partial charge in [0.25, 0.3) is 0 Å². The van der Waals surface area contributed by atoms with Crippen LogP contribution in [0.5, 0.6) is 0 Å². The van der Waals surface area contributed by atoms with Gasteiger partial charge in [0.1, 0.15) is 0 Å². The van der Waals surface area contributed by atoms with Crippen molar-refractivity contribution < 1.29 is 33.7 Å². The summed E-state index contributed by atoms with van der Waals surface area (Å²) in [6, 6.07) is 0. The van der Waals surface area contributed by atoms with Crippen molar-refractivity contribution in [2.75, 3.05) is 26.0 Å². The molecule has 0 aliphatic rings. The van der Waals surface area contributed by atoms with Crippen molar-refractivity contribution in [3.8, 4) is 0 Å². The molecule has 7 nitrogen and oxygen atoms in total. The van der Waals surface area contributed by atoms with Crippen molar-refractivity contribution in [3.05, 3.63) is 12.2 Å². The third-order valence-corrected chi connectivity index (χ3v) is 3.11. The zero-order valence-corrected chi connectivity index (χ0v) is 12.6. The Balaban J connectivity index is 3.20. The van der Waals surface area contributed by atoms with Crippen molar-refractivity contribution >= 4 is 13.6 Å². The second kappa shape index (κ2) is 11.0. The maximum absolute atomic E-state index is 11.0. The Bertz CT molecular complexity index is 337. The SMILES string of the molecule is C=C(C)C(=O)OCCCCCOOCCCP(=O)(O)O. The minimum absolute atomic E-state index is 0.154. The largest absolute Gasteiger partial charge is 0.462 e. The minimum atomic E-state index is -3.94. The van der Waals surface area contributed by atoms with Crippen LogP contribution < -0.4 is 0 Å². The average molecular weight is 310 g/mol. The molecule has 0 aromatic carbocycles. The molecule has 0 aromatic rings. The van der Waals surface area contributed by atoms with Gasteiger partial charge in [-0.1, -0.05) is 6.58 Å². The lowest BCUT2D eigenvalue weighted by atomic mass is 10.2. The third-order valence-electron chi connectivity index (χ3n) is 2.21. The first-order chi connectivity index (χ1) is 9.33. The van der Waals surface area contributed by atoms with Gasteiger partial charge in [-0.2, -0.15) is 0 Å². The number of unbranched alkanes of at least 4 members (excludes halogenated alkanes) is 2. The van der Waals surface area contributed by atoms with Crippen LogP contribution in [0.25, 0.3) is 0 Å². The van der Waals surface area contributed by atoms with Gasteiger partial charge in [0.2, 0.25) is 0 Å². The standard InChI is InChI=1S/C12H23O7P/c1-11(2)12(13)17-7-4-3-5-8-18-19-9-6-10-20(14,15)16/h1,3-10H2,2H3,(H2,14,15,16). The summed E-state index contributed by atoms with van der Waals surface area (Å²) in [4.78, 5) is 37.8. The number of ether oxygens (including phenoxy) is 1. The summed E-state index contributed by atoms with van der Waals surface area (Å²) in [5.41, 5.74) is 0.386. The van der Waals surface area contributed by atoms with Crippen molar-refractivity contribution in [1.82, 2.24) is 0 Å². The van der Waals surface area contributed by atoms with Gasteiger partial charge in [0.15, 0.2) is 0 Å². The van der Waals surface area contributed by atoms with Crippen LogP contribution in [-0.2, 0) is 23.9 Å². The van der Waals surface area contributed by atoms with E-state index in [2.05, 4.69) is 6.58 Å². The molecule has 0 amide bonds. The minimum Gasteiger partial charge on any atom is -0.462 e. The molecule has 0 aromatic heterocycles. The average Bonchev–Trinajstić information content (AvgIpc) is 2.34. The zero-order valence-electron chi connectivity index (χ0n) is 11.7. The van der Waals surface area contributed by atoms with Crippen LogP contribution >= 0.6 is 7.60 Å². The molecule has 0 spiro atoms. The molecule has 0 radical (unpaired) electrons. The highest BCUT2D eigenvalue weighted by Gasteiger charge is 2.11. The molecule has 2 N–H and O–H groups in total. The van der Waals surface area contributed by atoms with Gasteiger partial charge < -0.3 is 14.5 Å². The Hall–Kier alpha value is -0.720. The topological polar surface area (TPSA) is 102 Å². The Labute approximate surface area is 119 Å². The Morgan fingerprint density at radius 1 is 1.05 bits per heavy atom. The van der Waals surface area contributed by atoms with E-state index in [0.717, 1.165) is 19.3 Å². The van der Waals surface area contributed by atoms with Gasteiger partial charge in [-0.25, -0.2) is 14.6 Å². The molecule has 0 unspecified atom stereocenters. The predicted molar refractivity (Wildman–Crippen MR) is 73.1 cm³/mol. The number of rotatable bonds is 12. The molecular weight excluding hydrogens is 287 g/mol. The van der Waals surface area contributed by atoms with Crippen LogP contribution in [0.15, 0.2) is 12.2 Å². The van der Waals surface area contributed by atoms with Gasteiger partial charge in [-0.15, -0.1) is 0 Å². The van der Waals surface area contributed by atoms with E-state index >= 15 is 0 Å². The molecule has 0 bridgehead atoms. The van der Waals surface area contributed by atoms with Crippen molar-refractivity contribution in [2.45, 2.75) is 32.6 Å². The van der Waals surface area contributed by atoms with Crippen LogP contribution in [0.1, 0.15) is 32.6 Å². The monoisotopic (exact) mass is 310 g/mol. The predicted octanol–water partition coefficient (Wildman–Crippen LogP) is 1.79. The van der Waals surface area contributed by atoms with Gasteiger partial charge in [0, 0.05) is 5.57 Å². The van der Waals surface area contributed by atoms with Crippen LogP contribution in [0.2, 0.25) is 0 Å². The summed E-state index contributed by atoms with van der Waals surface area (Å²) in [5, 5.41) is 0. The Kier molecular flexibility index (Phi) is 10.6. The van der Waals surface area contributed by atoms with Crippen LogP contribution in [0.3, 0.4) is 0 Å². The molecule has 20 heavy (non-hydrogen) atoms. The molecule has 0 aliphatic carbocycles. The molecule has 0 saturated carbocycles. The molecule has 0 atom stereocenters. The first-order valence-electron chi connectivity index (χ1n) is 6.44. The normalized spacial score (nSPS) is 11.3. The van der Waals surface area contributed by atoms with E-state index in [-0.39, 0.29) is 25.2 Å². The molecular formula is C12H23O7P. The third kappa shape index (κ3) is 13.7. The van der Waals surface area contributed by atoms with Gasteiger partial charge in [-0.3, -0.25) is 4.57 Å². The number of carbonyl (C=O) groups is 1. The molecule has 0 fully saturated rings. The fraction of sp³-hybridized carbons (Fsp3) is 0.750. The maximum Gasteiger partial charge on any atom is 0.333 e. The van der Waals surface area contributed by atoms with Crippen LogP contribution in [-0.4, -0.2) is 41.7 Å². The summed E-state index contributed by atoms with van der Waals surface area (Å²) < 4.78 is 15.4. The van der Waals surface area contributed by atoms with Gasteiger partial charge >= 0.3 is 13.6 Å². The fourth-order valence-electron chi connectivity index (χ4n) is 1.18.